The molecule has 4 aliphatic carbocycles. The molecule has 4 aliphatic rings. The molecule has 2 fully saturated rings. The van der Waals surface area contributed by atoms with Crippen LogP contribution in [0.4, 0.5) is 17.6 Å². The molecule has 0 radical (unpaired) electrons. The third-order valence-corrected chi connectivity index (χ3v) is 6.05. The van der Waals surface area contributed by atoms with E-state index in [-0.39, 0.29) is 34.9 Å². The summed E-state index contributed by atoms with van der Waals surface area (Å²) in [5.74, 6) is -1.36. The number of rotatable bonds is 4. The van der Waals surface area contributed by atoms with E-state index >= 15 is 0 Å². The van der Waals surface area contributed by atoms with Crippen LogP contribution in [0.15, 0.2) is 22.7 Å². The lowest BCUT2D eigenvalue weighted by atomic mass is 9.88. The van der Waals surface area contributed by atoms with E-state index in [0.29, 0.717) is 0 Å². The SMILES string of the molecule is FC1(F)CC(C#CC2=C(OC3CCCCC3)C(F)(F)C2)=C1OC1CCCCC1. The Hall–Kier alpha value is -1.64. The van der Waals surface area contributed by atoms with Crippen molar-refractivity contribution in [2.75, 3.05) is 0 Å². The van der Waals surface area contributed by atoms with E-state index in [4.69, 9.17) is 9.47 Å². The van der Waals surface area contributed by atoms with Crippen molar-refractivity contribution in [3.8, 4) is 11.8 Å². The van der Waals surface area contributed by atoms with Gasteiger partial charge in [-0.05, 0) is 51.4 Å². The summed E-state index contributed by atoms with van der Waals surface area (Å²) in [4.78, 5) is 0. The summed E-state index contributed by atoms with van der Waals surface area (Å²) in [6, 6.07) is 0. The fraction of sp³-hybridized carbons (Fsp3) is 0.727. The molecule has 0 bridgehead atoms. The summed E-state index contributed by atoms with van der Waals surface area (Å²) in [5.41, 5.74) is 0.464. The smallest absolute Gasteiger partial charge is 0.309 e. The maximum atomic E-state index is 13.9. The molecule has 0 aromatic heterocycles. The van der Waals surface area contributed by atoms with Gasteiger partial charge in [-0.1, -0.05) is 24.7 Å². The number of hydrogen-bond donors (Lipinski definition) is 0. The highest BCUT2D eigenvalue weighted by Crippen LogP contribution is 2.47. The van der Waals surface area contributed by atoms with E-state index < -0.39 is 24.7 Å². The molecular weight excluding hydrogens is 372 g/mol. The number of halogens is 4. The van der Waals surface area contributed by atoms with E-state index in [1.807, 2.05) is 0 Å². The molecule has 0 N–H and O–H groups in total. The van der Waals surface area contributed by atoms with Gasteiger partial charge in [0.15, 0.2) is 11.5 Å². The first-order valence-corrected chi connectivity index (χ1v) is 10.4. The molecule has 0 amide bonds. The largest absolute Gasteiger partial charge is 0.487 e. The van der Waals surface area contributed by atoms with E-state index in [9.17, 15) is 17.6 Å². The van der Waals surface area contributed by atoms with Gasteiger partial charge in [0, 0.05) is 0 Å². The summed E-state index contributed by atoms with van der Waals surface area (Å²) >= 11 is 0. The monoisotopic (exact) mass is 398 g/mol. The van der Waals surface area contributed by atoms with Gasteiger partial charge < -0.3 is 9.47 Å². The number of alkyl halides is 4. The van der Waals surface area contributed by atoms with Gasteiger partial charge in [0.05, 0.1) is 36.2 Å². The van der Waals surface area contributed by atoms with Crippen LogP contribution < -0.4 is 0 Å². The van der Waals surface area contributed by atoms with Crippen molar-refractivity contribution in [3.05, 3.63) is 22.7 Å². The second-order valence-corrected chi connectivity index (χ2v) is 8.38. The van der Waals surface area contributed by atoms with Crippen LogP contribution in [-0.4, -0.2) is 24.1 Å². The zero-order chi connectivity index (χ0) is 19.8. The second-order valence-electron chi connectivity index (χ2n) is 8.38. The highest BCUT2D eigenvalue weighted by Gasteiger charge is 2.51. The van der Waals surface area contributed by atoms with Gasteiger partial charge in [-0.15, -0.1) is 0 Å². The molecule has 0 aromatic carbocycles. The summed E-state index contributed by atoms with van der Waals surface area (Å²) in [6.45, 7) is 0. The lowest BCUT2D eigenvalue weighted by Crippen LogP contribution is -2.36. The van der Waals surface area contributed by atoms with Crippen LogP contribution in [0.1, 0.15) is 77.0 Å². The quantitative estimate of drug-likeness (QED) is 0.410. The molecule has 0 spiro atoms. The molecule has 0 heterocycles. The second kappa shape index (κ2) is 7.65. The van der Waals surface area contributed by atoms with Gasteiger partial charge >= 0.3 is 11.8 Å². The first-order chi connectivity index (χ1) is 13.4. The lowest BCUT2D eigenvalue weighted by Gasteiger charge is -2.35. The maximum Gasteiger partial charge on any atom is 0.309 e. The zero-order valence-corrected chi connectivity index (χ0v) is 16.0. The third-order valence-electron chi connectivity index (χ3n) is 6.05. The lowest BCUT2D eigenvalue weighted by molar-refractivity contribution is -0.0737. The highest BCUT2D eigenvalue weighted by molar-refractivity contribution is 5.51. The topological polar surface area (TPSA) is 18.5 Å². The normalized spacial score (nSPS) is 27.4. The predicted molar refractivity (Wildman–Crippen MR) is 96.9 cm³/mol. The van der Waals surface area contributed by atoms with Gasteiger partial charge in [0.25, 0.3) is 0 Å². The van der Waals surface area contributed by atoms with Crippen molar-refractivity contribution in [1.29, 1.82) is 0 Å². The molecule has 0 aliphatic heterocycles. The minimum absolute atomic E-state index is 0.191. The van der Waals surface area contributed by atoms with Crippen LogP contribution in [0.2, 0.25) is 0 Å². The summed E-state index contributed by atoms with van der Waals surface area (Å²) in [7, 11) is 0. The molecule has 2 nitrogen and oxygen atoms in total. The van der Waals surface area contributed by atoms with Crippen molar-refractivity contribution in [1.82, 2.24) is 0 Å². The average Bonchev–Trinajstić information content (AvgIpc) is 2.68. The molecule has 6 heteroatoms. The molecule has 0 unspecified atom stereocenters. The molecule has 0 aromatic rings. The highest BCUT2D eigenvalue weighted by atomic mass is 19.3. The van der Waals surface area contributed by atoms with E-state index in [2.05, 4.69) is 11.8 Å². The van der Waals surface area contributed by atoms with Crippen LogP contribution in [0.25, 0.3) is 0 Å². The Balaban J connectivity index is 1.49. The van der Waals surface area contributed by atoms with Gasteiger partial charge in [-0.25, -0.2) is 0 Å². The minimum atomic E-state index is -3.00. The minimum Gasteiger partial charge on any atom is -0.487 e. The Labute approximate surface area is 163 Å². The Morgan fingerprint density at radius 1 is 0.607 bits per heavy atom. The van der Waals surface area contributed by atoms with E-state index in [1.54, 1.807) is 0 Å². The van der Waals surface area contributed by atoms with Gasteiger partial charge in [-0.2, -0.15) is 17.6 Å². The van der Waals surface area contributed by atoms with Crippen molar-refractivity contribution in [2.24, 2.45) is 0 Å². The van der Waals surface area contributed by atoms with Crippen molar-refractivity contribution < 1.29 is 27.0 Å². The van der Waals surface area contributed by atoms with Gasteiger partial charge in [0.2, 0.25) is 0 Å². The fourth-order valence-electron chi connectivity index (χ4n) is 4.36. The van der Waals surface area contributed by atoms with Crippen molar-refractivity contribution in [3.63, 3.8) is 0 Å². The predicted octanol–water partition coefficient (Wildman–Crippen LogP) is 6.27. The summed E-state index contributed by atoms with van der Waals surface area (Å²) in [6.07, 6.45) is 7.89. The van der Waals surface area contributed by atoms with Crippen LogP contribution in [-0.2, 0) is 9.47 Å². The Morgan fingerprint density at radius 3 is 1.29 bits per heavy atom. The number of allylic oxidation sites excluding steroid dienone is 4. The fourth-order valence-corrected chi connectivity index (χ4v) is 4.36. The number of ether oxygens (including phenoxy) is 2. The maximum absolute atomic E-state index is 13.9. The van der Waals surface area contributed by atoms with Crippen LogP contribution in [0, 0.1) is 11.8 Å². The first kappa shape index (κ1) is 19.7. The van der Waals surface area contributed by atoms with Gasteiger partial charge in [0.1, 0.15) is 0 Å². The van der Waals surface area contributed by atoms with Crippen molar-refractivity contribution in [2.45, 2.75) is 101 Å². The zero-order valence-electron chi connectivity index (χ0n) is 16.0. The molecule has 0 atom stereocenters. The van der Waals surface area contributed by atoms with Crippen molar-refractivity contribution >= 4 is 0 Å². The molecule has 2 saturated carbocycles. The summed E-state index contributed by atoms with van der Waals surface area (Å²) < 4.78 is 66.8. The van der Waals surface area contributed by atoms with E-state index in [0.717, 1.165) is 64.2 Å². The van der Waals surface area contributed by atoms with Crippen LogP contribution >= 0.6 is 0 Å². The standard InChI is InChI=1S/C22H26F4O2/c23-21(24)13-15(19(21)27-17-7-3-1-4-8-17)11-12-16-14-22(25,26)20(16)28-18-9-5-2-6-10-18/h17-18H,1-10,13-14H2. The molecule has 28 heavy (non-hydrogen) atoms. The molecule has 4 rings (SSSR count). The molecular formula is C22H26F4O2. The molecule has 154 valence electrons. The van der Waals surface area contributed by atoms with Gasteiger partial charge in [-0.3, -0.25) is 0 Å². The summed E-state index contributed by atoms with van der Waals surface area (Å²) in [5, 5.41) is 0. The Morgan fingerprint density at radius 2 is 0.964 bits per heavy atom. The van der Waals surface area contributed by atoms with Crippen LogP contribution in [0.5, 0.6) is 0 Å². The Bertz CT molecular complexity index is 669. The third kappa shape index (κ3) is 4.04. The van der Waals surface area contributed by atoms with Crippen LogP contribution in [0.3, 0.4) is 0 Å². The van der Waals surface area contributed by atoms with E-state index in [1.165, 1.54) is 0 Å². The molecule has 0 saturated heterocycles. The number of hydrogen-bond acceptors (Lipinski definition) is 2. The first-order valence-electron chi connectivity index (χ1n) is 10.4. The average molecular weight is 398 g/mol. The Kier molecular flexibility index (Phi) is 5.37.